The predicted molar refractivity (Wildman–Crippen MR) is 78.7 cm³/mol. The van der Waals surface area contributed by atoms with E-state index in [1.165, 1.54) is 0 Å². The Kier molecular flexibility index (Phi) is 4.42. The summed E-state index contributed by atoms with van der Waals surface area (Å²) in [5.41, 5.74) is 0.826. The number of methoxy groups -OCH3 is 1. The second-order valence-corrected chi connectivity index (χ2v) is 5.43. The molecular weight excluding hydrogens is 385 g/mol. The van der Waals surface area contributed by atoms with Gasteiger partial charge in [0, 0.05) is 10.5 Å². The lowest BCUT2D eigenvalue weighted by atomic mass is 10.3. The Bertz CT molecular complexity index is 563. The summed E-state index contributed by atoms with van der Waals surface area (Å²) >= 11 is 12.5. The van der Waals surface area contributed by atoms with Crippen LogP contribution in [0.25, 0.3) is 0 Å². The van der Waals surface area contributed by atoms with Crippen molar-refractivity contribution >= 4 is 55.0 Å². The molecule has 0 aliphatic rings. The van der Waals surface area contributed by atoms with Crippen molar-refractivity contribution < 1.29 is 4.74 Å². The fourth-order valence-corrected chi connectivity index (χ4v) is 2.66. The number of anilines is 2. The molecule has 18 heavy (non-hydrogen) atoms. The predicted octanol–water partition coefficient (Wildman–Crippen LogP) is 4.41. The van der Waals surface area contributed by atoms with E-state index >= 15 is 0 Å². The molecule has 1 heterocycles. The van der Waals surface area contributed by atoms with Gasteiger partial charge in [-0.2, -0.15) is 0 Å². The Morgan fingerprint density at radius 3 is 2.56 bits per heavy atom. The highest BCUT2D eigenvalue weighted by molar-refractivity contribution is 9.11. The minimum atomic E-state index is 0.355. The molecule has 0 aliphatic heterocycles. The third kappa shape index (κ3) is 3.13. The van der Waals surface area contributed by atoms with Crippen molar-refractivity contribution in [2.24, 2.45) is 0 Å². The fraction of sp³-hybridized carbons (Fsp3) is 0.0909. The summed E-state index contributed by atoms with van der Waals surface area (Å²) in [5.74, 6) is 1.33. The van der Waals surface area contributed by atoms with Crippen LogP contribution in [0.5, 0.6) is 5.75 Å². The SMILES string of the molecule is COc1cc(Nc2ccc(Cl)nn2)c(Br)cc1Br. The normalized spacial score (nSPS) is 10.2. The lowest BCUT2D eigenvalue weighted by Gasteiger charge is -2.10. The third-order valence-corrected chi connectivity index (χ3v) is 3.61. The molecule has 1 aromatic carbocycles. The Morgan fingerprint density at radius 2 is 1.94 bits per heavy atom. The molecule has 0 radical (unpaired) electrons. The van der Waals surface area contributed by atoms with Gasteiger partial charge in [-0.25, -0.2) is 0 Å². The zero-order valence-electron chi connectivity index (χ0n) is 9.25. The summed E-state index contributed by atoms with van der Waals surface area (Å²) in [6, 6.07) is 7.16. The number of rotatable bonds is 3. The largest absolute Gasteiger partial charge is 0.495 e. The molecule has 0 fully saturated rings. The van der Waals surface area contributed by atoms with Gasteiger partial charge < -0.3 is 10.1 Å². The van der Waals surface area contributed by atoms with Crippen LogP contribution in [-0.2, 0) is 0 Å². The summed E-state index contributed by atoms with van der Waals surface area (Å²) in [6.07, 6.45) is 0. The van der Waals surface area contributed by atoms with E-state index in [1.54, 1.807) is 19.2 Å². The van der Waals surface area contributed by atoms with Crippen molar-refractivity contribution in [3.8, 4) is 5.75 Å². The van der Waals surface area contributed by atoms with E-state index in [0.29, 0.717) is 11.0 Å². The second-order valence-electron chi connectivity index (χ2n) is 3.33. The molecule has 0 amide bonds. The molecule has 94 valence electrons. The molecule has 2 aromatic rings. The molecule has 1 N–H and O–H groups in total. The van der Waals surface area contributed by atoms with Crippen molar-refractivity contribution in [1.82, 2.24) is 10.2 Å². The Morgan fingerprint density at radius 1 is 1.17 bits per heavy atom. The van der Waals surface area contributed by atoms with Gasteiger partial charge in [-0.1, -0.05) is 11.6 Å². The van der Waals surface area contributed by atoms with E-state index in [4.69, 9.17) is 16.3 Å². The molecule has 2 rings (SSSR count). The minimum Gasteiger partial charge on any atom is -0.495 e. The van der Waals surface area contributed by atoms with Gasteiger partial charge in [0.15, 0.2) is 11.0 Å². The summed E-state index contributed by atoms with van der Waals surface area (Å²) in [6.45, 7) is 0. The quantitative estimate of drug-likeness (QED) is 0.839. The summed E-state index contributed by atoms with van der Waals surface area (Å²) in [4.78, 5) is 0. The standard InChI is InChI=1S/C11H8Br2ClN3O/c1-18-9-5-8(6(12)4-7(9)13)15-11-3-2-10(14)16-17-11/h2-5H,1H3,(H,15,17). The van der Waals surface area contributed by atoms with Gasteiger partial charge in [-0.15, -0.1) is 10.2 Å². The van der Waals surface area contributed by atoms with Crippen LogP contribution in [0.4, 0.5) is 11.5 Å². The van der Waals surface area contributed by atoms with Crippen molar-refractivity contribution in [3.05, 3.63) is 38.4 Å². The summed E-state index contributed by atoms with van der Waals surface area (Å²) in [5, 5.41) is 11.2. The van der Waals surface area contributed by atoms with Crippen molar-refractivity contribution in [3.63, 3.8) is 0 Å². The topological polar surface area (TPSA) is 47.0 Å². The maximum atomic E-state index is 5.68. The van der Waals surface area contributed by atoms with Crippen molar-refractivity contribution in [2.75, 3.05) is 12.4 Å². The average molecular weight is 393 g/mol. The lowest BCUT2D eigenvalue weighted by Crippen LogP contribution is -1.97. The van der Waals surface area contributed by atoms with E-state index in [2.05, 4.69) is 47.4 Å². The van der Waals surface area contributed by atoms with Crippen LogP contribution in [0.2, 0.25) is 5.15 Å². The molecule has 0 atom stereocenters. The highest BCUT2D eigenvalue weighted by Gasteiger charge is 2.08. The van der Waals surface area contributed by atoms with Crippen LogP contribution in [0.3, 0.4) is 0 Å². The number of halogens is 3. The van der Waals surface area contributed by atoms with E-state index in [0.717, 1.165) is 20.4 Å². The van der Waals surface area contributed by atoms with Crippen molar-refractivity contribution in [2.45, 2.75) is 0 Å². The monoisotopic (exact) mass is 391 g/mol. The number of hydrogen-bond acceptors (Lipinski definition) is 4. The van der Waals surface area contributed by atoms with Gasteiger partial charge in [-0.05, 0) is 50.1 Å². The van der Waals surface area contributed by atoms with Crippen LogP contribution in [0.1, 0.15) is 0 Å². The molecule has 1 aromatic heterocycles. The van der Waals surface area contributed by atoms with E-state index < -0.39 is 0 Å². The van der Waals surface area contributed by atoms with Gasteiger partial charge in [0.2, 0.25) is 0 Å². The molecule has 7 heteroatoms. The molecule has 4 nitrogen and oxygen atoms in total. The zero-order chi connectivity index (χ0) is 13.1. The zero-order valence-corrected chi connectivity index (χ0v) is 13.2. The maximum Gasteiger partial charge on any atom is 0.153 e. The minimum absolute atomic E-state index is 0.355. The highest BCUT2D eigenvalue weighted by Crippen LogP contribution is 2.35. The average Bonchev–Trinajstić information content (AvgIpc) is 2.35. The maximum absolute atomic E-state index is 5.68. The van der Waals surface area contributed by atoms with Gasteiger partial charge in [0.05, 0.1) is 17.3 Å². The molecule has 0 saturated heterocycles. The van der Waals surface area contributed by atoms with Gasteiger partial charge in [-0.3, -0.25) is 0 Å². The van der Waals surface area contributed by atoms with Crippen LogP contribution in [0, 0.1) is 0 Å². The van der Waals surface area contributed by atoms with E-state index in [-0.39, 0.29) is 0 Å². The van der Waals surface area contributed by atoms with Crippen molar-refractivity contribution in [1.29, 1.82) is 0 Å². The number of ether oxygens (including phenoxy) is 1. The lowest BCUT2D eigenvalue weighted by molar-refractivity contribution is 0.412. The highest BCUT2D eigenvalue weighted by atomic mass is 79.9. The summed E-state index contributed by atoms with van der Waals surface area (Å²) < 4.78 is 6.98. The molecule has 0 spiro atoms. The molecule has 0 saturated carbocycles. The first-order valence-corrected chi connectivity index (χ1v) is 6.86. The number of nitrogens with zero attached hydrogens (tertiary/aromatic N) is 2. The molecule has 0 aliphatic carbocycles. The number of benzene rings is 1. The van der Waals surface area contributed by atoms with Crippen LogP contribution in [0.15, 0.2) is 33.2 Å². The van der Waals surface area contributed by atoms with Crippen LogP contribution >= 0.6 is 43.5 Å². The molecular formula is C11H8Br2ClN3O. The van der Waals surface area contributed by atoms with Gasteiger partial charge >= 0.3 is 0 Å². The smallest absolute Gasteiger partial charge is 0.153 e. The first kappa shape index (κ1) is 13.6. The Hall–Kier alpha value is -0.850. The first-order valence-electron chi connectivity index (χ1n) is 4.89. The van der Waals surface area contributed by atoms with Crippen LogP contribution in [-0.4, -0.2) is 17.3 Å². The Labute approximate surface area is 126 Å². The molecule has 0 unspecified atom stereocenters. The van der Waals surface area contributed by atoms with Gasteiger partial charge in [0.25, 0.3) is 0 Å². The van der Waals surface area contributed by atoms with E-state index in [1.807, 2.05) is 12.1 Å². The second kappa shape index (κ2) is 5.86. The third-order valence-electron chi connectivity index (χ3n) is 2.14. The first-order chi connectivity index (χ1) is 8.60. The van der Waals surface area contributed by atoms with E-state index in [9.17, 15) is 0 Å². The number of aromatic nitrogens is 2. The Balaban J connectivity index is 2.31. The summed E-state index contributed by atoms with van der Waals surface area (Å²) in [7, 11) is 1.61. The van der Waals surface area contributed by atoms with Crippen LogP contribution < -0.4 is 10.1 Å². The molecule has 0 bridgehead atoms. The number of nitrogens with one attached hydrogen (secondary N) is 1. The number of hydrogen-bond donors (Lipinski definition) is 1. The van der Waals surface area contributed by atoms with Gasteiger partial charge in [0.1, 0.15) is 5.75 Å². The fourth-order valence-electron chi connectivity index (χ4n) is 1.30.